The molecule has 0 saturated heterocycles. The van der Waals surface area contributed by atoms with Gasteiger partial charge >= 0.3 is 6.03 Å². The van der Waals surface area contributed by atoms with Crippen LogP contribution in [-0.2, 0) is 6.42 Å². The van der Waals surface area contributed by atoms with Crippen molar-refractivity contribution in [3.8, 4) is 11.3 Å². The summed E-state index contributed by atoms with van der Waals surface area (Å²) in [7, 11) is 0. The number of fused-ring (bicyclic) bond motifs is 1. The summed E-state index contributed by atoms with van der Waals surface area (Å²) in [4.78, 5) is 16.0. The van der Waals surface area contributed by atoms with Crippen molar-refractivity contribution in [1.29, 1.82) is 0 Å². The summed E-state index contributed by atoms with van der Waals surface area (Å²) in [6.45, 7) is 4.28. The van der Waals surface area contributed by atoms with E-state index in [0.717, 1.165) is 6.42 Å². The Morgan fingerprint density at radius 3 is 3.04 bits per heavy atom. The van der Waals surface area contributed by atoms with Crippen molar-refractivity contribution in [2.24, 2.45) is 0 Å². The second-order valence-electron chi connectivity index (χ2n) is 6.41. The molecule has 0 fully saturated rings. The molecule has 0 unspecified atom stereocenters. The molecule has 0 bridgehead atoms. The van der Waals surface area contributed by atoms with Crippen molar-refractivity contribution in [1.82, 2.24) is 10.1 Å². The quantitative estimate of drug-likeness (QED) is 0.598. The highest BCUT2D eigenvalue weighted by Gasteiger charge is 2.30. The van der Waals surface area contributed by atoms with Crippen molar-refractivity contribution in [3.05, 3.63) is 56.7 Å². The summed E-state index contributed by atoms with van der Waals surface area (Å²) in [6, 6.07) is 6.11. The van der Waals surface area contributed by atoms with E-state index >= 15 is 0 Å². The maximum absolute atomic E-state index is 14.3. The van der Waals surface area contributed by atoms with Crippen LogP contribution in [0, 0.1) is 12.7 Å². The lowest BCUT2D eigenvalue weighted by Crippen LogP contribution is -2.41. The first-order valence-corrected chi connectivity index (χ1v) is 9.77. The molecule has 27 heavy (non-hydrogen) atoms. The lowest BCUT2D eigenvalue weighted by molar-refractivity contribution is 0.189. The highest BCUT2D eigenvalue weighted by Crippen LogP contribution is 2.38. The topological polar surface area (TPSA) is 58.4 Å². The first-order valence-electron chi connectivity index (χ1n) is 8.52. The van der Waals surface area contributed by atoms with Crippen LogP contribution >= 0.6 is 22.9 Å². The minimum atomic E-state index is -0.527. The second-order valence-corrected chi connectivity index (χ2v) is 7.82. The summed E-state index contributed by atoms with van der Waals surface area (Å²) in [5.74, 6) is -0.140. The number of amides is 2. The number of rotatable bonds is 2. The van der Waals surface area contributed by atoms with Gasteiger partial charge < -0.3 is 14.7 Å². The molecule has 1 aliphatic heterocycles. The lowest BCUT2D eigenvalue weighted by Gasteiger charge is -2.33. The molecule has 0 radical (unpaired) electrons. The molecular formula is C19H17ClFN3O2S. The molecule has 4 rings (SSSR count). The monoisotopic (exact) mass is 405 g/mol. The van der Waals surface area contributed by atoms with Gasteiger partial charge in [-0.15, -0.1) is 11.3 Å². The summed E-state index contributed by atoms with van der Waals surface area (Å²) in [5.41, 5.74) is 1.79. The predicted octanol–water partition coefficient (Wildman–Crippen LogP) is 5.66. The Hall–Kier alpha value is -2.38. The van der Waals surface area contributed by atoms with Gasteiger partial charge in [0.1, 0.15) is 17.2 Å². The van der Waals surface area contributed by atoms with Crippen LogP contribution < -0.4 is 5.32 Å². The molecule has 5 nitrogen and oxygen atoms in total. The van der Waals surface area contributed by atoms with Gasteiger partial charge in [-0.3, -0.25) is 0 Å². The summed E-state index contributed by atoms with van der Waals surface area (Å²) in [5, 5.41) is 9.01. The third-order valence-electron chi connectivity index (χ3n) is 4.83. The fourth-order valence-electron chi connectivity index (χ4n) is 3.38. The number of carbonyl (C=O) groups is 1. The molecule has 3 heterocycles. The number of carbonyl (C=O) groups excluding carboxylic acids is 1. The average molecular weight is 406 g/mol. The predicted molar refractivity (Wildman–Crippen MR) is 104 cm³/mol. The smallest absolute Gasteiger partial charge is 0.322 e. The zero-order valence-corrected chi connectivity index (χ0v) is 16.3. The molecule has 1 aromatic carbocycles. The van der Waals surface area contributed by atoms with Crippen LogP contribution in [0.1, 0.15) is 29.2 Å². The molecule has 1 aliphatic rings. The third kappa shape index (κ3) is 3.11. The third-order valence-corrected chi connectivity index (χ3v) is 6.14. The van der Waals surface area contributed by atoms with Crippen LogP contribution in [0.15, 0.2) is 34.2 Å². The van der Waals surface area contributed by atoms with Gasteiger partial charge in [-0.1, -0.05) is 22.8 Å². The number of hydrogen-bond donors (Lipinski definition) is 1. The molecule has 8 heteroatoms. The van der Waals surface area contributed by atoms with Gasteiger partial charge in [-0.25, -0.2) is 9.18 Å². The summed E-state index contributed by atoms with van der Waals surface area (Å²) < 4.78 is 19.5. The first-order chi connectivity index (χ1) is 13.0. The van der Waals surface area contributed by atoms with E-state index < -0.39 is 5.82 Å². The average Bonchev–Trinajstić information content (AvgIpc) is 3.24. The number of urea groups is 1. The Bertz CT molecular complexity index is 996. The van der Waals surface area contributed by atoms with E-state index in [1.807, 2.05) is 12.3 Å². The Morgan fingerprint density at radius 1 is 1.44 bits per heavy atom. The molecule has 140 valence electrons. The van der Waals surface area contributed by atoms with Crippen molar-refractivity contribution < 1.29 is 13.7 Å². The van der Waals surface area contributed by atoms with Gasteiger partial charge in [-0.05, 0) is 49.4 Å². The molecule has 0 spiro atoms. The first kappa shape index (κ1) is 18.0. The van der Waals surface area contributed by atoms with Crippen molar-refractivity contribution in [3.63, 3.8) is 0 Å². The van der Waals surface area contributed by atoms with Crippen LogP contribution in [0.25, 0.3) is 11.3 Å². The number of hydrogen-bond acceptors (Lipinski definition) is 4. The largest absolute Gasteiger partial charge is 0.359 e. The Balaban J connectivity index is 1.64. The highest BCUT2D eigenvalue weighted by molar-refractivity contribution is 7.10. The SMILES string of the molecule is Cc1onc(-c2c(F)cccc2Cl)c1NC(=O)N1CCc2sccc2[C@H]1C. The van der Waals surface area contributed by atoms with Crippen LogP contribution in [0.5, 0.6) is 0 Å². The van der Waals surface area contributed by atoms with Crippen LogP contribution in [0.2, 0.25) is 5.02 Å². The van der Waals surface area contributed by atoms with Gasteiger partial charge in [0.05, 0.1) is 16.6 Å². The fraction of sp³-hybridized carbons (Fsp3) is 0.263. The number of anilines is 1. The van der Waals surface area contributed by atoms with Crippen LogP contribution in [-0.4, -0.2) is 22.6 Å². The van der Waals surface area contributed by atoms with Crippen LogP contribution in [0.3, 0.4) is 0 Å². The Kier molecular flexibility index (Phi) is 4.65. The van der Waals surface area contributed by atoms with Crippen molar-refractivity contribution >= 4 is 34.7 Å². The number of nitrogens with one attached hydrogen (secondary N) is 1. The minimum absolute atomic E-state index is 0.0411. The molecule has 0 aliphatic carbocycles. The number of halogens is 2. The summed E-state index contributed by atoms with van der Waals surface area (Å²) in [6.07, 6.45) is 0.819. The van der Waals surface area contributed by atoms with Gasteiger partial charge in [0.2, 0.25) is 0 Å². The molecule has 2 aromatic heterocycles. The van der Waals surface area contributed by atoms with E-state index in [1.165, 1.54) is 22.6 Å². The highest BCUT2D eigenvalue weighted by atomic mass is 35.5. The molecule has 1 atom stereocenters. The molecule has 0 saturated carbocycles. The van der Waals surface area contributed by atoms with E-state index in [9.17, 15) is 9.18 Å². The normalized spacial score (nSPS) is 16.3. The molecular weight excluding hydrogens is 389 g/mol. The number of nitrogens with zero attached hydrogens (tertiary/aromatic N) is 2. The van der Waals surface area contributed by atoms with E-state index in [2.05, 4.69) is 16.5 Å². The van der Waals surface area contributed by atoms with Crippen molar-refractivity contribution in [2.45, 2.75) is 26.3 Å². The zero-order valence-electron chi connectivity index (χ0n) is 14.8. The Morgan fingerprint density at radius 2 is 2.26 bits per heavy atom. The summed E-state index contributed by atoms with van der Waals surface area (Å²) >= 11 is 7.87. The van der Waals surface area contributed by atoms with E-state index in [-0.39, 0.29) is 28.4 Å². The van der Waals surface area contributed by atoms with E-state index in [4.69, 9.17) is 16.1 Å². The van der Waals surface area contributed by atoms with Crippen molar-refractivity contribution in [2.75, 3.05) is 11.9 Å². The molecule has 1 N–H and O–H groups in total. The standard InChI is InChI=1S/C19H17ClFN3O2S/c1-10-12-7-9-27-15(12)6-8-24(10)19(25)22-17-11(2)26-23-18(17)16-13(20)4-3-5-14(16)21/h3-5,7,9-10H,6,8H2,1-2H3,(H,22,25)/t10-/m1/s1. The van der Waals surface area contributed by atoms with E-state index in [0.29, 0.717) is 18.0 Å². The van der Waals surface area contributed by atoms with E-state index in [1.54, 1.807) is 29.2 Å². The van der Waals surface area contributed by atoms with Gasteiger partial charge in [0, 0.05) is 11.4 Å². The Labute approximate surface area is 164 Å². The maximum Gasteiger partial charge on any atom is 0.322 e. The molecule has 2 amide bonds. The number of benzene rings is 1. The number of thiophene rings is 1. The van der Waals surface area contributed by atoms with Gasteiger partial charge in [0.15, 0.2) is 5.76 Å². The number of aromatic nitrogens is 1. The minimum Gasteiger partial charge on any atom is -0.359 e. The fourth-order valence-corrected chi connectivity index (χ4v) is 4.59. The zero-order chi connectivity index (χ0) is 19.1. The lowest BCUT2D eigenvalue weighted by atomic mass is 10.0. The van der Waals surface area contributed by atoms with Gasteiger partial charge in [0.25, 0.3) is 0 Å². The maximum atomic E-state index is 14.3. The van der Waals surface area contributed by atoms with Crippen LogP contribution in [0.4, 0.5) is 14.9 Å². The second kappa shape index (κ2) is 6.98. The van der Waals surface area contributed by atoms with Gasteiger partial charge in [-0.2, -0.15) is 0 Å². The number of aryl methyl sites for hydroxylation is 1. The molecule has 3 aromatic rings.